The van der Waals surface area contributed by atoms with Crippen LogP contribution in [0.2, 0.25) is 0 Å². The van der Waals surface area contributed by atoms with Crippen molar-refractivity contribution in [3.8, 4) is 11.5 Å². The Balaban J connectivity index is 3.15. The molecule has 13 heavy (non-hydrogen) atoms. The maximum Gasteiger partial charge on any atom is 0.200 e. The number of ether oxygens (including phenoxy) is 2. The van der Waals surface area contributed by atoms with Crippen LogP contribution in [0.15, 0.2) is 6.20 Å². The Bertz CT molecular complexity index is 302. The number of pyridine rings is 1. The van der Waals surface area contributed by atoms with E-state index in [1.165, 1.54) is 13.3 Å². The van der Waals surface area contributed by atoms with Gasteiger partial charge in [-0.25, -0.2) is 4.39 Å². The summed E-state index contributed by atoms with van der Waals surface area (Å²) in [5, 5.41) is 0. The summed E-state index contributed by atoms with van der Waals surface area (Å²) in [5.74, 6) is 0.00338. The average molecular weight is 185 g/mol. The maximum atomic E-state index is 13.4. The summed E-state index contributed by atoms with van der Waals surface area (Å²) in [6.45, 7) is 3.77. The second-order valence-electron chi connectivity index (χ2n) is 2.49. The van der Waals surface area contributed by atoms with Gasteiger partial charge in [-0.3, -0.25) is 4.98 Å². The topological polar surface area (TPSA) is 31.4 Å². The fourth-order valence-corrected chi connectivity index (χ4v) is 0.967. The lowest BCUT2D eigenvalue weighted by molar-refractivity contribution is 0.292. The van der Waals surface area contributed by atoms with Gasteiger partial charge in [-0.2, -0.15) is 0 Å². The minimum absolute atomic E-state index is 0.137. The van der Waals surface area contributed by atoms with Gasteiger partial charge in [-0.05, 0) is 13.8 Å². The summed E-state index contributed by atoms with van der Waals surface area (Å²) in [6, 6.07) is 0. The summed E-state index contributed by atoms with van der Waals surface area (Å²) in [6.07, 6.45) is 1.45. The fourth-order valence-electron chi connectivity index (χ4n) is 0.967. The van der Waals surface area contributed by atoms with Gasteiger partial charge in [0, 0.05) is 0 Å². The van der Waals surface area contributed by atoms with E-state index in [1.54, 1.807) is 13.8 Å². The molecule has 0 radical (unpaired) electrons. The van der Waals surface area contributed by atoms with Gasteiger partial charge < -0.3 is 9.47 Å². The lowest BCUT2D eigenvalue weighted by atomic mass is 10.3. The predicted octanol–water partition coefficient (Wildman–Crippen LogP) is 1.94. The van der Waals surface area contributed by atoms with E-state index in [9.17, 15) is 4.39 Å². The zero-order valence-corrected chi connectivity index (χ0v) is 7.93. The summed E-state index contributed by atoms with van der Waals surface area (Å²) in [4.78, 5) is 3.81. The van der Waals surface area contributed by atoms with Crippen molar-refractivity contribution in [1.82, 2.24) is 4.98 Å². The van der Waals surface area contributed by atoms with Crippen LogP contribution in [-0.4, -0.2) is 18.7 Å². The van der Waals surface area contributed by atoms with Crippen molar-refractivity contribution in [3.05, 3.63) is 17.7 Å². The first kappa shape index (κ1) is 9.77. The average Bonchev–Trinajstić information content (AvgIpc) is 2.14. The molecule has 3 nitrogen and oxygen atoms in total. The lowest BCUT2D eigenvalue weighted by Gasteiger charge is -2.10. The highest BCUT2D eigenvalue weighted by molar-refractivity contribution is 5.40. The van der Waals surface area contributed by atoms with Crippen molar-refractivity contribution >= 4 is 0 Å². The molecule has 0 aliphatic heterocycles. The molecule has 1 heterocycles. The minimum Gasteiger partial charge on any atom is -0.491 e. The summed E-state index contributed by atoms with van der Waals surface area (Å²) >= 11 is 0. The van der Waals surface area contributed by atoms with Crippen LogP contribution in [0.1, 0.15) is 12.6 Å². The second kappa shape index (κ2) is 4.07. The van der Waals surface area contributed by atoms with Crippen molar-refractivity contribution in [2.45, 2.75) is 13.8 Å². The predicted molar refractivity (Wildman–Crippen MR) is 46.7 cm³/mol. The van der Waals surface area contributed by atoms with E-state index in [0.717, 1.165) is 0 Å². The molecule has 1 rings (SSSR count). The molecule has 0 unspecified atom stereocenters. The second-order valence-corrected chi connectivity index (χ2v) is 2.49. The van der Waals surface area contributed by atoms with E-state index in [2.05, 4.69) is 4.98 Å². The highest BCUT2D eigenvalue weighted by Gasteiger charge is 2.13. The number of halogens is 1. The van der Waals surface area contributed by atoms with Crippen molar-refractivity contribution in [2.75, 3.05) is 13.7 Å². The SMILES string of the molecule is CCOc1c(OC)cnc(C)c1F. The van der Waals surface area contributed by atoms with Crippen LogP contribution in [0.25, 0.3) is 0 Å². The van der Waals surface area contributed by atoms with Gasteiger partial charge >= 0.3 is 0 Å². The molecule has 1 aromatic rings. The molecule has 0 saturated carbocycles. The fraction of sp³-hybridized carbons (Fsp3) is 0.444. The summed E-state index contributed by atoms with van der Waals surface area (Å²) < 4.78 is 23.4. The molecule has 72 valence electrons. The van der Waals surface area contributed by atoms with Crippen molar-refractivity contribution in [2.24, 2.45) is 0 Å². The van der Waals surface area contributed by atoms with Crippen LogP contribution in [-0.2, 0) is 0 Å². The summed E-state index contributed by atoms with van der Waals surface area (Å²) in [7, 11) is 1.45. The van der Waals surface area contributed by atoms with Gasteiger partial charge in [0.2, 0.25) is 5.75 Å². The molecule has 0 bridgehead atoms. The van der Waals surface area contributed by atoms with Gasteiger partial charge in [0.05, 0.1) is 25.6 Å². The standard InChI is InChI=1S/C9H12FNO2/c1-4-13-9-7(12-3)5-11-6(2)8(9)10/h5H,4H2,1-3H3. The van der Waals surface area contributed by atoms with Crippen LogP contribution in [0.4, 0.5) is 4.39 Å². The Hall–Kier alpha value is -1.32. The maximum absolute atomic E-state index is 13.4. The molecule has 0 spiro atoms. The molecule has 0 aliphatic rings. The van der Waals surface area contributed by atoms with Crippen LogP contribution < -0.4 is 9.47 Å². The van der Waals surface area contributed by atoms with Gasteiger partial charge in [0.15, 0.2) is 11.6 Å². The van der Waals surface area contributed by atoms with Crippen LogP contribution >= 0.6 is 0 Å². The Labute approximate surface area is 76.5 Å². The molecular formula is C9H12FNO2. The number of rotatable bonds is 3. The first-order valence-corrected chi connectivity index (χ1v) is 4.02. The van der Waals surface area contributed by atoms with E-state index in [4.69, 9.17) is 9.47 Å². The smallest absolute Gasteiger partial charge is 0.200 e. The third-order valence-electron chi connectivity index (χ3n) is 1.62. The van der Waals surface area contributed by atoms with Crippen LogP contribution in [0.5, 0.6) is 11.5 Å². The molecular weight excluding hydrogens is 173 g/mol. The molecule has 0 atom stereocenters. The number of hydrogen-bond donors (Lipinski definition) is 0. The zero-order valence-electron chi connectivity index (χ0n) is 7.93. The molecule has 0 N–H and O–H groups in total. The Morgan fingerprint density at radius 3 is 2.77 bits per heavy atom. The van der Waals surface area contributed by atoms with Crippen molar-refractivity contribution in [3.63, 3.8) is 0 Å². The van der Waals surface area contributed by atoms with Crippen LogP contribution in [0.3, 0.4) is 0 Å². The Morgan fingerprint density at radius 1 is 1.54 bits per heavy atom. The molecule has 1 aromatic heterocycles. The van der Waals surface area contributed by atoms with E-state index in [1.807, 2.05) is 0 Å². The van der Waals surface area contributed by atoms with E-state index in [0.29, 0.717) is 18.1 Å². The van der Waals surface area contributed by atoms with E-state index >= 15 is 0 Å². The van der Waals surface area contributed by atoms with Crippen molar-refractivity contribution < 1.29 is 13.9 Å². The number of nitrogens with zero attached hydrogens (tertiary/aromatic N) is 1. The van der Waals surface area contributed by atoms with Crippen LogP contribution in [0, 0.1) is 12.7 Å². The molecule has 0 saturated heterocycles. The number of hydrogen-bond acceptors (Lipinski definition) is 3. The summed E-state index contributed by atoms with van der Waals surface area (Å²) in [5.41, 5.74) is 0.309. The first-order chi connectivity index (χ1) is 6.20. The van der Waals surface area contributed by atoms with Crippen molar-refractivity contribution in [1.29, 1.82) is 0 Å². The van der Waals surface area contributed by atoms with Gasteiger partial charge in [-0.1, -0.05) is 0 Å². The lowest BCUT2D eigenvalue weighted by Crippen LogP contribution is -2.01. The zero-order chi connectivity index (χ0) is 9.84. The first-order valence-electron chi connectivity index (χ1n) is 4.02. The largest absolute Gasteiger partial charge is 0.491 e. The van der Waals surface area contributed by atoms with E-state index < -0.39 is 5.82 Å². The highest BCUT2D eigenvalue weighted by Crippen LogP contribution is 2.30. The monoisotopic (exact) mass is 185 g/mol. The quantitative estimate of drug-likeness (QED) is 0.721. The van der Waals surface area contributed by atoms with Gasteiger partial charge in [0.25, 0.3) is 0 Å². The number of methoxy groups -OCH3 is 1. The Morgan fingerprint density at radius 2 is 2.23 bits per heavy atom. The highest BCUT2D eigenvalue weighted by atomic mass is 19.1. The molecule has 0 aliphatic carbocycles. The number of aryl methyl sites for hydroxylation is 1. The van der Waals surface area contributed by atoms with E-state index in [-0.39, 0.29) is 5.75 Å². The van der Waals surface area contributed by atoms with Gasteiger partial charge in [0.1, 0.15) is 0 Å². The molecule has 0 fully saturated rings. The molecule has 0 aromatic carbocycles. The third kappa shape index (κ3) is 1.88. The Kier molecular flexibility index (Phi) is 3.06. The minimum atomic E-state index is -0.457. The normalized spacial score (nSPS) is 9.85. The molecule has 0 amide bonds. The van der Waals surface area contributed by atoms with Gasteiger partial charge in [-0.15, -0.1) is 0 Å². The molecule has 4 heteroatoms. The third-order valence-corrected chi connectivity index (χ3v) is 1.62. The number of aromatic nitrogens is 1.